The fraction of sp³-hybridized carbons (Fsp3) is 0.143. The molecule has 0 saturated carbocycles. The molecule has 0 aliphatic carbocycles. The summed E-state index contributed by atoms with van der Waals surface area (Å²) in [5, 5.41) is 2.17. The van der Waals surface area contributed by atoms with Crippen LogP contribution in [0.4, 0.5) is 22.7 Å². The standard InChI is InChI=1S/C70H59N4O.Pt/c1-68(2,3)55-38-51(49-24-14-9-15-25-49)39-57(41-55)72-47-73(65-31-21-20-30-64(65)72)58-42-56(70(6,7)53-28-18-11-19-29-53)43-60(45-58)75-59-33-34-61-62-40-50(48-22-12-8-13-23-48)32-35-63(62)74(66(61)46-59)67-44-54(36-37-71-67)69(4,5)52-26-16-10-17-27-52;/h8-44,47H,1-7H3;/q-3;. The van der Waals surface area contributed by atoms with Crippen LogP contribution in [0, 0.1) is 18.8 Å². The van der Waals surface area contributed by atoms with Gasteiger partial charge >= 0.3 is 0 Å². The third kappa shape index (κ3) is 9.32. The average Bonchev–Trinajstić information content (AvgIpc) is 3.99. The smallest absolute Gasteiger partial charge is 0.135 e. The molecule has 0 N–H and O–H groups in total. The van der Waals surface area contributed by atoms with Gasteiger partial charge < -0.3 is 19.1 Å². The molecule has 2 aromatic heterocycles. The average molecular weight is 1170 g/mol. The zero-order chi connectivity index (χ0) is 51.5. The Morgan fingerprint density at radius 1 is 0.434 bits per heavy atom. The van der Waals surface area contributed by atoms with Crippen LogP contribution in [0.1, 0.15) is 76.3 Å². The van der Waals surface area contributed by atoms with E-state index >= 15 is 0 Å². The molecule has 0 unspecified atom stereocenters. The van der Waals surface area contributed by atoms with Crippen molar-refractivity contribution in [2.75, 3.05) is 9.80 Å². The van der Waals surface area contributed by atoms with Crippen molar-refractivity contribution >= 4 is 44.6 Å². The van der Waals surface area contributed by atoms with Gasteiger partial charge in [0.25, 0.3) is 0 Å². The number of ether oxygens (including phenoxy) is 1. The zero-order valence-electron chi connectivity index (χ0n) is 44.0. The van der Waals surface area contributed by atoms with Gasteiger partial charge in [0, 0.05) is 66.8 Å². The first kappa shape index (κ1) is 50.2. The fourth-order valence-corrected chi connectivity index (χ4v) is 10.7. The number of hydrogen-bond donors (Lipinski definition) is 0. The molecule has 0 saturated heterocycles. The van der Waals surface area contributed by atoms with E-state index in [4.69, 9.17) is 9.72 Å². The molecule has 0 radical (unpaired) electrons. The Morgan fingerprint density at radius 2 is 1.03 bits per heavy atom. The Bertz CT molecular complexity index is 3880. The minimum absolute atomic E-state index is 0. The largest absolute Gasteiger partial charge is 0.509 e. The molecule has 6 heteroatoms. The number of pyridine rings is 1. The third-order valence-electron chi connectivity index (χ3n) is 15.3. The quantitative estimate of drug-likeness (QED) is 0.121. The Labute approximate surface area is 462 Å². The zero-order valence-corrected chi connectivity index (χ0v) is 46.2. The maximum absolute atomic E-state index is 7.09. The van der Waals surface area contributed by atoms with E-state index in [2.05, 4.69) is 294 Å². The Hall–Kier alpha value is -7.98. The Morgan fingerprint density at radius 3 is 1.67 bits per heavy atom. The first-order chi connectivity index (χ1) is 36.3. The summed E-state index contributed by atoms with van der Waals surface area (Å²) < 4.78 is 9.33. The van der Waals surface area contributed by atoms with E-state index in [0.29, 0.717) is 11.5 Å². The van der Waals surface area contributed by atoms with Gasteiger partial charge in [-0.15, -0.1) is 53.6 Å². The predicted molar refractivity (Wildman–Crippen MR) is 311 cm³/mol. The van der Waals surface area contributed by atoms with Crippen LogP contribution in [-0.2, 0) is 37.3 Å². The molecular weight excluding hydrogens is 1110 g/mol. The van der Waals surface area contributed by atoms with Gasteiger partial charge in [-0.3, -0.25) is 0 Å². The van der Waals surface area contributed by atoms with Crippen LogP contribution >= 0.6 is 0 Å². The van der Waals surface area contributed by atoms with Crippen LogP contribution in [0.5, 0.6) is 11.5 Å². The van der Waals surface area contributed by atoms with Crippen LogP contribution in [0.15, 0.2) is 225 Å². The van der Waals surface area contributed by atoms with E-state index in [1.165, 1.54) is 33.4 Å². The number of para-hydroxylation sites is 2. The van der Waals surface area contributed by atoms with E-state index in [0.717, 1.165) is 67.1 Å². The number of fused-ring (bicyclic) bond motifs is 4. The van der Waals surface area contributed by atoms with Crippen LogP contribution in [0.3, 0.4) is 0 Å². The van der Waals surface area contributed by atoms with Crippen molar-refractivity contribution in [2.24, 2.45) is 0 Å². The van der Waals surface area contributed by atoms with E-state index in [1.807, 2.05) is 12.3 Å². The number of anilines is 4. The SMILES string of the molecule is CC(C)(C)c1cc(-c2ccccc2)cc(N2[CH-]N(c3[c-]c(Oc4[c-]c5c(cc4)c4cc(-c6ccccc6)ccc4n5-c4cc(C(C)(C)c5ccccc5)ccn4)cc(C(C)(C)c4ccccc4)c3)c3ccccc32)c1.[Pt]. The molecule has 9 aromatic carbocycles. The summed E-state index contributed by atoms with van der Waals surface area (Å²) in [5.74, 6) is 1.98. The van der Waals surface area contributed by atoms with E-state index in [1.54, 1.807) is 0 Å². The second-order valence-electron chi connectivity index (χ2n) is 21.9. The summed E-state index contributed by atoms with van der Waals surface area (Å²) in [6, 6.07) is 85.5. The molecule has 0 bridgehead atoms. The van der Waals surface area contributed by atoms with Crippen molar-refractivity contribution < 1.29 is 25.8 Å². The maximum Gasteiger partial charge on any atom is 0.135 e. The maximum atomic E-state index is 7.09. The molecule has 378 valence electrons. The molecule has 76 heavy (non-hydrogen) atoms. The predicted octanol–water partition coefficient (Wildman–Crippen LogP) is 18.3. The molecule has 3 heterocycles. The van der Waals surface area contributed by atoms with Crippen molar-refractivity contribution in [3.05, 3.63) is 271 Å². The number of rotatable bonds is 11. The molecule has 5 nitrogen and oxygen atoms in total. The van der Waals surface area contributed by atoms with Crippen LogP contribution in [-0.4, -0.2) is 9.55 Å². The van der Waals surface area contributed by atoms with Gasteiger partial charge in [0.2, 0.25) is 0 Å². The molecule has 0 atom stereocenters. The van der Waals surface area contributed by atoms with Gasteiger partial charge in [-0.25, -0.2) is 4.98 Å². The molecular formula is C70H59N4OPt-3. The Kier molecular flexibility index (Phi) is 13.2. The summed E-state index contributed by atoms with van der Waals surface area (Å²) in [7, 11) is 0. The van der Waals surface area contributed by atoms with Crippen molar-refractivity contribution in [2.45, 2.75) is 64.7 Å². The number of hydrogen-bond acceptors (Lipinski definition) is 4. The molecule has 1 aliphatic heterocycles. The number of nitrogens with zero attached hydrogens (tertiary/aromatic N) is 4. The van der Waals surface area contributed by atoms with Crippen molar-refractivity contribution in [3.63, 3.8) is 0 Å². The van der Waals surface area contributed by atoms with Gasteiger partial charge in [0.1, 0.15) is 5.82 Å². The minimum atomic E-state index is -0.394. The van der Waals surface area contributed by atoms with Gasteiger partial charge in [0.15, 0.2) is 0 Å². The second kappa shape index (κ2) is 19.9. The van der Waals surface area contributed by atoms with Crippen LogP contribution in [0.25, 0.3) is 49.9 Å². The summed E-state index contributed by atoms with van der Waals surface area (Å²) in [6.45, 7) is 18.2. The van der Waals surface area contributed by atoms with Gasteiger partial charge in [-0.2, -0.15) is 6.07 Å². The van der Waals surface area contributed by atoms with Crippen molar-refractivity contribution in [3.8, 4) is 39.6 Å². The van der Waals surface area contributed by atoms with Crippen LogP contribution in [0.2, 0.25) is 0 Å². The number of aromatic nitrogens is 2. The molecule has 0 fully saturated rings. The molecule has 0 amide bonds. The molecule has 12 rings (SSSR count). The van der Waals surface area contributed by atoms with E-state index in [9.17, 15) is 0 Å². The van der Waals surface area contributed by atoms with E-state index in [-0.39, 0.29) is 31.9 Å². The van der Waals surface area contributed by atoms with Crippen LogP contribution < -0.4 is 14.5 Å². The number of benzene rings is 9. The minimum Gasteiger partial charge on any atom is -0.509 e. The molecule has 1 aliphatic rings. The Balaban J connectivity index is 0.00000616. The van der Waals surface area contributed by atoms with Gasteiger partial charge in [-0.1, -0.05) is 206 Å². The van der Waals surface area contributed by atoms with Gasteiger partial charge in [-0.05, 0) is 103 Å². The monoisotopic (exact) mass is 1170 g/mol. The van der Waals surface area contributed by atoms with Crippen molar-refractivity contribution in [1.82, 2.24) is 9.55 Å². The first-order valence-electron chi connectivity index (χ1n) is 25.9. The van der Waals surface area contributed by atoms with Crippen molar-refractivity contribution in [1.29, 1.82) is 0 Å². The van der Waals surface area contributed by atoms with E-state index < -0.39 is 5.41 Å². The van der Waals surface area contributed by atoms with Gasteiger partial charge in [0.05, 0.1) is 0 Å². The summed E-state index contributed by atoms with van der Waals surface area (Å²) in [4.78, 5) is 9.64. The summed E-state index contributed by atoms with van der Waals surface area (Å²) in [6.07, 6.45) is 1.93. The summed E-state index contributed by atoms with van der Waals surface area (Å²) in [5.41, 5.74) is 15.9. The topological polar surface area (TPSA) is 33.5 Å². The fourth-order valence-electron chi connectivity index (χ4n) is 10.7. The normalized spacial score (nSPS) is 12.7. The third-order valence-corrected chi connectivity index (χ3v) is 15.3. The summed E-state index contributed by atoms with van der Waals surface area (Å²) >= 11 is 0. The molecule has 0 spiro atoms. The molecule has 11 aromatic rings. The first-order valence-corrected chi connectivity index (χ1v) is 25.9. The second-order valence-corrected chi connectivity index (χ2v) is 21.9.